The molecule has 1 saturated carbocycles. The fourth-order valence-electron chi connectivity index (χ4n) is 5.30. The van der Waals surface area contributed by atoms with Crippen molar-refractivity contribution in [1.29, 1.82) is 0 Å². The van der Waals surface area contributed by atoms with Crippen molar-refractivity contribution in [3.05, 3.63) is 35.9 Å². The molecule has 3 nitrogen and oxygen atoms in total. The van der Waals surface area contributed by atoms with Gasteiger partial charge in [0.05, 0.1) is 18.8 Å². The Bertz CT molecular complexity index is 551. The van der Waals surface area contributed by atoms with Crippen LogP contribution >= 0.6 is 0 Å². The second-order valence-corrected chi connectivity index (χ2v) is 9.96. The summed E-state index contributed by atoms with van der Waals surface area (Å²) in [6.07, 6.45) is 7.15. The molecule has 1 saturated heterocycles. The van der Waals surface area contributed by atoms with E-state index >= 15 is 0 Å². The highest BCUT2D eigenvalue weighted by Crippen LogP contribution is 2.39. The average Bonchev–Trinajstić information content (AvgIpc) is 2.61. The van der Waals surface area contributed by atoms with E-state index in [2.05, 4.69) is 56.0 Å². The van der Waals surface area contributed by atoms with Gasteiger partial charge in [0, 0.05) is 6.54 Å². The molecule has 0 radical (unpaired) electrons. The van der Waals surface area contributed by atoms with Gasteiger partial charge in [-0.05, 0) is 74.4 Å². The highest BCUT2D eigenvalue weighted by molar-refractivity contribution is 5.15. The van der Waals surface area contributed by atoms with E-state index in [-0.39, 0.29) is 6.10 Å². The molecule has 3 heteroatoms. The number of β-amino-alcohol motifs (C(OH)–C–C–N with tert-alkyl or cyclic N) is 1. The molecule has 152 valence electrons. The summed E-state index contributed by atoms with van der Waals surface area (Å²) in [4.78, 5) is 2.42. The van der Waals surface area contributed by atoms with Gasteiger partial charge in [0.1, 0.15) is 0 Å². The number of nitrogens with zero attached hydrogens (tertiary/aromatic N) is 1. The zero-order chi connectivity index (χ0) is 19.3. The Hall–Kier alpha value is -0.900. The fraction of sp³-hybridized carbons (Fsp3) is 0.750. The maximum atomic E-state index is 10.5. The van der Waals surface area contributed by atoms with Crippen LogP contribution in [-0.2, 0) is 11.2 Å². The molecule has 0 unspecified atom stereocenters. The van der Waals surface area contributed by atoms with Crippen LogP contribution in [0.4, 0.5) is 0 Å². The summed E-state index contributed by atoms with van der Waals surface area (Å²) >= 11 is 0. The van der Waals surface area contributed by atoms with Crippen molar-refractivity contribution in [2.75, 3.05) is 26.2 Å². The van der Waals surface area contributed by atoms with Crippen molar-refractivity contribution in [2.45, 2.75) is 71.5 Å². The zero-order valence-corrected chi connectivity index (χ0v) is 17.6. The highest BCUT2D eigenvalue weighted by Gasteiger charge is 2.33. The predicted molar refractivity (Wildman–Crippen MR) is 112 cm³/mol. The first-order valence-electron chi connectivity index (χ1n) is 11.0. The van der Waals surface area contributed by atoms with Crippen molar-refractivity contribution >= 4 is 0 Å². The molecule has 0 aromatic heterocycles. The maximum Gasteiger partial charge on any atom is 0.0900 e. The number of rotatable bonds is 7. The van der Waals surface area contributed by atoms with Gasteiger partial charge in [-0.15, -0.1) is 0 Å². The highest BCUT2D eigenvalue weighted by atomic mass is 16.5. The molecule has 1 heterocycles. The van der Waals surface area contributed by atoms with Crippen LogP contribution in [0.25, 0.3) is 0 Å². The minimum absolute atomic E-state index is 0.315. The van der Waals surface area contributed by atoms with Gasteiger partial charge in [0.2, 0.25) is 0 Å². The van der Waals surface area contributed by atoms with Crippen LogP contribution in [0.15, 0.2) is 30.3 Å². The normalized spacial score (nSPS) is 28.1. The summed E-state index contributed by atoms with van der Waals surface area (Å²) < 4.78 is 6.12. The van der Waals surface area contributed by atoms with Crippen molar-refractivity contribution < 1.29 is 9.84 Å². The van der Waals surface area contributed by atoms with Crippen molar-refractivity contribution in [1.82, 2.24) is 4.90 Å². The predicted octanol–water partition coefficient (Wildman–Crippen LogP) is 4.53. The lowest BCUT2D eigenvalue weighted by molar-refractivity contribution is -0.0627. The first kappa shape index (κ1) is 20.8. The lowest BCUT2D eigenvalue weighted by Gasteiger charge is -2.39. The van der Waals surface area contributed by atoms with E-state index in [1.54, 1.807) is 0 Å². The van der Waals surface area contributed by atoms with Gasteiger partial charge in [-0.2, -0.15) is 0 Å². The number of benzene rings is 1. The maximum absolute atomic E-state index is 10.5. The first-order chi connectivity index (χ1) is 12.9. The number of hydrogen-bond acceptors (Lipinski definition) is 3. The Balaban J connectivity index is 1.34. The molecule has 2 aliphatic rings. The minimum Gasteiger partial charge on any atom is -0.389 e. The van der Waals surface area contributed by atoms with E-state index in [4.69, 9.17) is 4.74 Å². The molecular formula is C24H39NO2. The van der Waals surface area contributed by atoms with Gasteiger partial charge in [-0.3, -0.25) is 0 Å². The van der Waals surface area contributed by atoms with Crippen molar-refractivity contribution in [3.63, 3.8) is 0 Å². The molecule has 1 aromatic carbocycles. The molecule has 1 aliphatic heterocycles. The van der Waals surface area contributed by atoms with Gasteiger partial charge in [0.25, 0.3) is 0 Å². The van der Waals surface area contributed by atoms with E-state index in [0.717, 1.165) is 44.3 Å². The topological polar surface area (TPSA) is 32.7 Å². The van der Waals surface area contributed by atoms with Crippen molar-refractivity contribution in [2.24, 2.45) is 17.3 Å². The van der Waals surface area contributed by atoms with Gasteiger partial charge >= 0.3 is 0 Å². The Labute approximate surface area is 166 Å². The van der Waals surface area contributed by atoms with Crippen LogP contribution in [0.5, 0.6) is 0 Å². The van der Waals surface area contributed by atoms with Gasteiger partial charge in [-0.1, -0.05) is 51.1 Å². The second-order valence-electron chi connectivity index (χ2n) is 9.96. The smallest absolute Gasteiger partial charge is 0.0900 e. The van der Waals surface area contributed by atoms with E-state index in [1.165, 1.54) is 31.2 Å². The molecule has 1 aliphatic carbocycles. The van der Waals surface area contributed by atoms with E-state index in [0.29, 0.717) is 18.1 Å². The summed E-state index contributed by atoms with van der Waals surface area (Å²) in [5.41, 5.74) is 1.82. The first-order valence-corrected chi connectivity index (χ1v) is 11.0. The summed E-state index contributed by atoms with van der Waals surface area (Å²) in [7, 11) is 0. The average molecular weight is 374 g/mol. The van der Waals surface area contributed by atoms with Crippen LogP contribution in [0, 0.1) is 17.3 Å². The van der Waals surface area contributed by atoms with Gasteiger partial charge in [0.15, 0.2) is 0 Å². The van der Waals surface area contributed by atoms with Gasteiger partial charge in [-0.25, -0.2) is 0 Å². The molecule has 0 bridgehead atoms. The summed E-state index contributed by atoms with van der Waals surface area (Å²) in [6.45, 7) is 10.4. The van der Waals surface area contributed by atoms with E-state index in [9.17, 15) is 5.11 Å². The summed E-state index contributed by atoms with van der Waals surface area (Å²) in [5, 5.41) is 10.5. The second kappa shape index (κ2) is 9.54. The summed E-state index contributed by atoms with van der Waals surface area (Å²) in [5.74, 6) is 1.50. The quantitative estimate of drug-likeness (QED) is 0.762. The zero-order valence-electron chi connectivity index (χ0n) is 17.6. The Morgan fingerprint density at radius 3 is 2.52 bits per heavy atom. The lowest BCUT2D eigenvalue weighted by atomic mass is 9.71. The minimum atomic E-state index is -0.365. The third kappa shape index (κ3) is 6.89. The standard InChI is InChI=1S/C24H39NO2/c1-19-13-23(16-24(2,3)15-19)27-18-22(26)17-25-11-9-21(10-12-25)14-20-7-5-4-6-8-20/h4-8,19,21-23,26H,9-18H2,1-3H3/t19-,22+,23+/m0/s1. The van der Waals surface area contributed by atoms with E-state index in [1.807, 2.05) is 0 Å². The van der Waals surface area contributed by atoms with Crippen LogP contribution in [0.2, 0.25) is 0 Å². The molecule has 0 amide bonds. The summed E-state index contributed by atoms with van der Waals surface area (Å²) in [6, 6.07) is 10.8. The number of aliphatic hydroxyl groups is 1. The number of likely N-dealkylation sites (tertiary alicyclic amines) is 1. The molecule has 3 rings (SSSR count). The molecule has 3 atom stereocenters. The molecule has 2 fully saturated rings. The Kier molecular flexibility index (Phi) is 7.35. The van der Waals surface area contributed by atoms with Crippen LogP contribution in [-0.4, -0.2) is 48.5 Å². The van der Waals surface area contributed by atoms with E-state index < -0.39 is 0 Å². The molecule has 1 aromatic rings. The van der Waals surface area contributed by atoms with Crippen molar-refractivity contribution in [3.8, 4) is 0 Å². The van der Waals surface area contributed by atoms with Crippen LogP contribution in [0.1, 0.15) is 58.4 Å². The number of hydrogen-bond donors (Lipinski definition) is 1. The largest absolute Gasteiger partial charge is 0.389 e. The number of ether oxygens (including phenoxy) is 1. The Morgan fingerprint density at radius 1 is 1.15 bits per heavy atom. The van der Waals surface area contributed by atoms with Gasteiger partial charge < -0.3 is 14.7 Å². The molecule has 0 spiro atoms. The molecular weight excluding hydrogens is 334 g/mol. The monoisotopic (exact) mass is 373 g/mol. The third-order valence-corrected chi connectivity index (χ3v) is 6.41. The Morgan fingerprint density at radius 2 is 1.85 bits per heavy atom. The fourth-order valence-corrected chi connectivity index (χ4v) is 5.30. The lowest BCUT2D eigenvalue weighted by Crippen LogP contribution is -2.41. The van der Waals surface area contributed by atoms with Crippen LogP contribution < -0.4 is 0 Å². The van der Waals surface area contributed by atoms with Crippen LogP contribution in [0.3, 0.4) is 0 Å². The third-order valence-electron chi connectivity index (χ3n) is 6.41. The number of aliphatic hydroxyl groups excluding tert-OH is 1. The SMILES string of the molecule is C[C@H]1C[C@@H](OC[C@H](O)CN2CCC(Cc3ccccc3)CC2)CC(C)(C)C1. The molecule has 27 heavy (non-hydrogen) atoms. The molecule has 1 N–H and O–H groups in total. The number of piperidine rings is 1.